The molecule has 0 heterocycles. The summed E-state index contributed by atoms with van der Waals surface area (Å²) < 4.78 is 5.39. The van der Waals surface area contributed by atoms with E-state index in [0.717, 1.165) is 24.2 Å². The minimum Gasteiger partial charge on any atom is -0.508 e. The van der Waals surface area contributed by atoms with E-state index in [-0.39, 0.29) is 0 Å². The second-order valence-corrected chi connectivity index (χ2v) is 4.88. The number of methoxy groups -OCH3 is 1. The Hall–Kier alpha value is -2.00. The van der Waals surface area contributed by atoms with Gasteiger partial charge in [0.1, 0.15) is 11.5 Å². The van der Waals surface area contributed by atoms with Crippen LogP contribution in [0.3, 0.4) is 0 Å². The average Bonchev–Trinajstić information content (AvgIpc) is 2.47. The number of para-hydroxylation sites is 1. The van der Waals surface area contributed by atoms with Gasteiger partial charge in [-0.05, 0) is 49.2 Å². The minimum atomic E-state index is 0.299. The molecule has 2 rings (SSSR count). The van der Waals surface area contributed by atoms with Crippen LogP contribution < -0.4 is 10.1 Å². The molecule has 0 spiro atoms. The molecule has 1 unspecified atom stereocenters. The van der Waals surface area contributed by atoms with Crippen molar-refractivity contribution in [1.29, 1.82) is 0 Å². The van der Waals surface area contributed by atoms with Gasteiger partial charge in [-0.2, -0.15) is 0 Å². The summed E-state index contributed by atoms with van der Waals surface area (Å²) in [6.07, 6.45) is 1.75. The van der Waals surface area contributed by atoms with E-state index in [1.165, 1.54) is 5.56 Å². The van der Waals surface area contributed by atoms with Crippen molar-refractivity contribution in [3.63, 3.8) is 0 Å². The normalized spacial score (nSPS) is 12.1. The zero-order valence-electron chi connectivity index (χ0n) is 12.0. The molecule has 106 valence electrons. The predicted octanol–water partition coefficient (Wildman–Crippen LogP) is 2.77. The van der Waals surface area contributed by atoms with Gasteiger partial charge in [0.05, 0.1) is 7.11 Å². The first-order chi connectivity index (χ1) is 9.72. The molecule has 0 saturated heterocycles. The van der Waals surface area contributed by atoms with E-state index in [1.807, 2.05) is 43.4 Å². The number of likely N-dealkylation sites (N-methyl/N-ethyl adjacent to an activating group) is 1. The smallest absolute Gasteiger partial charge is 0.122 e. The van der Waals surface area contributed by atoms with E-state index in [4.69, 9.17) is 4.74 Å². The van der Waals surface area contributed by atoms with Crippen LogP contribution in [0.4, 0.5) is 0 Å². The largest absolute Gasteiger partial charge is 0.508 e. The summed E-state index contributed by atoms with van der Waals surface area (Å²) in [6, 6.07) is 15.8. The summed E-state index contributed by atoms with van der Waals surface area (Å²) in [7, 11) is 3.66. The van der Waals surface area contributed by atoms with Crippen LogP contribution in [0.5, 0.6) is 11.5 Å². The third kappa shape index (κ3) is 3.75. The van der Waals surface area contributed by atoms with Crippen molar-refractivity contribution < 1.29 is 9.84 Å². The molecule has 0 aliphatic carbocycles. The van der Waals surface area contributed by atoms with Gasteiger partial charge in [0.2, 0.25) is 0 Å². The predicted molar refractivity (Wildman–Crippen MR) is 81.4 cm³/mol. The number of nitrogens with one attached hydrogen (secondary N) is 1. The fourth-order valence-corrected chi connectivity index (χ4v) is 2.38. The van der Waals surface area contributed by atoms with Gasteiger partial charge in [-0.3, -0.25) is 0 Å². The molecule has 20 heavy (non-hydrogen) atoms. The molecule has 0 bridgehead atoms. The highest BCUT2D eigenvalue weighted by molar-refractivity contribution is 5.34. The third-order valence-corrected chi connectivity index (χ3v) is 3.46. The quantitative estimate of drug-likeness (QED) is 0.849. The Morgan fingerprint density at radius 3 is 2.60 bits per heavy atom. The van der Waals surface area contributed by atoms with E-state index >= 15 is 0 Å². The highest BCUT2D eigenvalue weighted by Gasteiger charge is 2.11. The van der Waals surface area contributed by atoms with E-state index in [1.54, 1.807) is 13.2 Å². The first kappa shape index (κ1) is 14.4. The number of aromatic hydroxyl groups is 1. The van der Waals surface area contributed by atoms with Crippen molar-refractivity contribution >= 4 is 0 Å². The van der Waals surface area contributed by atoms with Crippen LogP contribution in [0.2, 0.25) is 0 Å². The van der Waals surface area contributed by atoms with Gasteiger partial charge in [-0.15, -0.1) is 0 Å². The van der Waals surface area contributed by atoms with E-state index in [2.05, 4.69) is 11.4 Å². The summed E-state index contributed by atoms with van der Waals surface area (Å²) >= 11 is 0. The SMILES string of the molecule is CNC(Cc1cccc(O)c1)Cc1ccccc1OC. The average molecular weight is 271 g/mol. The van der Waals surface area contributed by atoms with Gasteiger partial charge in [-0.1, -0.05) is 30.3 Å². The van der Waals surface area contributed by atoms with Gasteiger partial charge >= 0.3 is 0 Å². The second kappa shape index (κ2) is 6.96. The summed E-state index contributed by atoms with van der Waals surface area (Å²) in [5.41, 5.74) is 2.31. The lowest BCUT2D eigenvalue weighted by molar-refractivity contribution is 0.405. The Morgan fingerprint density at radius 2 is 1.90 bits per heavy atom. The number of rotatable bonds is 6. The van der Waals surface area contributed by atoms with Crippen LogP contribution in [0, 0.1) is 0 Å². The fraction of sp³-hybridized carbons (Fsp3) is 0.294. The van der Waals surface area contributed by atoms with Crippen molar-refractivity contribution in [3.8, 4) is 11.5 Å². The standard InChI is InChI=1S/C17H21NO2/c1-18-15(10-13-6-5-8-16(19)11-13)12-14-7-3-4-9-17(14)20-2/h3-9,11,15,18-19H,10,12H2,1-2H3. The zero-order chi connectivity index (χ0) is 14.4. The molecule has 3 heteroatoms. The molecule has 0 aromatic heterocycles. The second-order valence-electron chi connectivity index (χ2n) is 4.88. The van der Waals surface area contributed by atoms with E-state index < -0.39 is 0 Å². The maximum Gasteiger partial charge on any atom is 0.122 e. The Bertz CT molecular complexity index is 554. The Morgan fingerprint density at radius 1 is 1.10 bits per heavy atom. The third-order valence-electron chi connectivity index (χ3n) is 3.46. The number of hydrogen-bond donors (Lipinski definition) is 2. The summed E-state index contributed by atoms with van der Waals surface area (Å²) in [4.78, 5) is 0. The Labute approximate surface area is 120 Å². The molecule has 0 aliphatic heterocycles. The molecule has 2 aromatic rings. The molecule has 0 radical (unpaired) electrons. The van der Waals surface area contributed by atoms with Crippen LogP contribution in [-0.4, -0.2) is 25.3 Å². The molecule has 1 atom stereocenters. The molecule has 2 aromatic carbocycles. The fourth-order valence-electron chi connectivity index (χ4n) is 2.38. The number of phenolic OH excluding ortho intramolecular Hbond substituents is 1. The molecule has 0 amide bonds. The molecule has 0 saturated carbocycles. The Balaban J connectivity index is 2.09. The highest BCUT2D eigenvalue weighted by Crippen LogP contribution is 2.20. The van der Waals surface area contributed by atoms with Gasteiger partial charge in [-0.25, -0.2) is 0 Å². The van der Waals surface area contributed by atoms with Gasteiger partial charge < -0.3 is 15.2 Å². The maximum absolute atomic E-state index is 9.53. The molecule has 2 N–H and O–H groups in total. The first-order valence-electron chi connectivity index (χ1n) is 6.80. The van der Waals surface area contributed by atoms with E-state index in [0.29, 0.717) is 11.8 Å². The lowest BCUT2D eigenvalue weighted by Gasteiger charge is -2.18. The van der Waals surface area contributed by atoms with Gasteiger partial charge in [0.15, 0.2) is 0 Å². The molecular formula is C17H21NO2. The molecule has 3 nitrogen and oxygen atoms in total. The summed E-state index contributed by atoms with van der Waals surface area (Å²) in [5, 5.41) is 12.9. The number of hydrogen-bond acceptors (Lipinski definition) is 3. The van der Waals surface area contributed by atoms with E-state index in [9.17, 15) is 5.11 Å². The minimum absolute atomic E-state index is 0.299. The topological polar surface area (TPSA) is 41.5 Å². The monoisotopic (exact) mass is 271 g/mol. The van der Waals surface area contributed by atoms with Crippen LogP contribution in [-0.2, 0) is 12.8 Å². The van der Waals surface area contributed by atoms with Crippen molar-refractivity contribution in [2.24, 2.45) is 0 Å². The lowest BCUT2D eigenvalue weighted by atomic mass is 9.98. The molecule has 0 fully saturated rings. The van der Waals surface area contributed by atoms with Crippen molar-refractivity contribution in [2.45, 2.75) is 18.9 Å². The van der Waals surface area contributed by atoms with Gasteiger partial charge in [0.25, 0.3) is 0 Å². The van der Waals surface area contributed by atoms with Crippen molar-refractivity contribution in [2.75, 3.05) is 14.2 Å². The van der Waals surface area contributed by atoms with Gasteiger partial charge in [0, 0.05) is 6.04 Å². The van der Waals surface area contributed by atoms with Crippen LogP contribution in [0.15, 0.2) is 48.5 Å². The summed E-state index contributed by atoms with van der Waals surface area (Å²) in [6.45, 7) is 0. The highest BCUT2D eigenvalue weighted by atomic mass is 16.5. The zero-order valence-corrected chi connectivity index (χ0v) is 12.0. The first-order valence-corrected chi connectivity index (χ1v) is 6.80. The lowest BCUT2D eigenvalue weighted by Crippen LogP contribution is -2.30. The van der Waals surface area contributed by atoms with Crippen LogP contribution in [0.1, 0.15) is 11.1 Å². The Kier molecular flexibility index (Phi) is 5.02. The molecular weight excluding hydrogens is 250 g/mol. The molecule has 0 aliphatic rings. The number of benzene rings is 2. The summed E-state index contributed by atoms with van der Waals surface area (Å²) in [5.74, 6) is 1.23. The maximum atomic E-state index is 9.53. The van der Waals surface area contributed by atoms with Crippen molar-refractivity contribution in [1.82, 2.24) is 5.32 Å². The van der Waals surface area contributed by atoms with Crippen LogP contribution >= 0.6 is 0 Å². The van der Waals surface area contributed by atoms with Crippen LogP contribution in [0.25, 0.3) is 0 Å². The number of ether oxygens (including phenoxy) is 1. The van der Waals surface area contributed by atoms with Crippen molar-refractivity contribution in [3.05, 3.63) is 59.7 Å². The number of phenols is 1.